The Balaban J connectivity index is 1.08. The molecule has 9 nitrogen and oxygen atoms in total. The minimum atomic E-state index is -0.567. The predicted octanol–water partition coefficient (Wildman–Crippen LogP) is 9.34. The van der Waals surface area contributed by atoms with Crippen LogP contribution in [0.15, 0.2) is 66.4 Å². The van der Waals surface area contributed by atoms with Crippen molar-refractivity contribution in [3.05, 3.63) is 83.3 Å². The first kappa shape index (κ1) is 33.6. The fourth-order valence-corrected chi connectivity index (χ4v) is 7.38. The predicted molar refractivity (Wildman–Crippen MR) is 195 cm³/mol. The van der Waals surface area contributed by atoms with Crippen LogP contribution in [0.4, 0.5) is 9.59 Å². The number of nitrogens with one attached hydrogen (secondary N) is 1. The standard InChI is InChI=1S/C41H46N4O5/c1-40(2,3)49-38(47)44-17-7-9-34(44)31-21-29-15-13-28(22-32(29)36(46)23-31)26-11-12-27-20-30(16-14-25(27)19-26)33-24-42-37(43-33)35-10-8-18-45(35)39(48)50-41(4,5)6/h11-16,19-22,24,34-35H,7-10,17-18,23H2,1-6H3,(H,42,43)/t34?,35-/m0/s1. The van der Waals surface area contributed by atoms with E-state index in [4.69, 9.17) is 9.47 Å². The molecule has 50 heavy (non-hydrogen) atoms. The third-order valence-corrected chi connectivity index (χ3v) is 9.64. The lowest BCUT2D eigenvalue weighted by molar-refractivity contribution is 0.0215. The van der Waals surface area contributed by atoms with E-state index >= 15 is 0 Å². The molecule has 3 heterocycles. The molecule has 2 saturated heterocycles. The zero-order valence-corrected chi connectivity index (χ0v) is 29.8. The molecule has 2 aliphatic heterocycles. The molecule has 0 saturated carbocycles. The monoisotopic (exact) mass is 674 g/mol. The lowest BCUT2D eigenvalue weighted by Crippen LogP contribution is -2.41. The first-order chi connectivity index (χ1) is 23.7. The van der Waals surface area contributed by atoms with E-state index in [1.54, 1.807) is 9.80 Å². The molecule has 2 atom stereocenters. The van der Waals surface area contributed by atoms with Gasteiger partial charge in [-0.1, -0.05) is 42.5 Å². The zero-order valence-electron chi connectivity index (χ0n) is 29.8. The number of H-pyrrole nitrogens is 1. The number of Topliss-reactive ketones (excluding diaryl/α,β-unsaturated/α-hetero) is 1. The molecular weight excluding hydrogens is 628 g/mol. The molecule has 7 rings (SSSR count). The molecule has 3 aromatic carbocycles. The lowest BCUT2D eigenvalue weighted by Gasteiger charge is -2.31. The number of ketones is 1. The number of hydrogen-bond acceptors (Lipinski definition) is 6. The van der Waals surface area contributed by atoms with E-state index in [0.717, 1.165) is 75.8 Å². The molecule has 9 heteroatoms. The third-order valence-electron chi connectivity index (χ3n) is 9.64. The van der Waals surface area contributed by atoms with Crippen molar-refractivity contribution in [3.8, 4) is 22.4 Å². The molecule has 1 unspecified atom stereocenters. The number of likely N-dealkylation sites (tertiary alicyclic amines) is 2. The van der Waals surface area contributed by atoms with Gasteiger partial charge in [-0.05, 0) is 118 Å². The molecule has 3 aliphatic rings. The largest absolute Gasteiger partial charge is 0.444 e. The summed E-state index contributed by atoms with van der Waals surface area (Å²) in [5, 5.41) is 2.18. The minimum Gasteiger partial charge on any atom is -0.444 e. The maximum atomic E-state index is 13.5. The van der Waals surface area contributed by atoms with E-state index in [2.05, 4.69) is 58.5 Å². The summed E-state index contributed by atoms with van der Waals surface area (Å²) in [4.78, 5) is 51.0. The van der Waals surface area contributed by atoms with Gasteiger partial charge in [-0.2, -0.15) is 0 Å². The maximum Gasteiger partial charge on any atom is 0.410 e. The average molecular weight is 675 g/mol. The number of imidazole rings is 1. The van der Waals surface area contributed by atoms with Crippen molar-refractivity contribution in [3.63, 3.8) is 0 Å². The fraction of sp³-hybridized carbons (Fsp3) is 0.415. The Hall–Kier alpha value is -4.92. The van der Waals surface area contributed by atoms with E-state index in [-0.39, 0.29) is 30.1 Å². The SMILES string of the molecule is CC(C)(C)OC(=O)N1CCCC1C1=Cc2ccc(-c3ccc4cc(-c5cnc([C@@H]6CCCN6C(=O)OC(C)(C)C)[nH]5)ccc4c3)cc2C(=O)C1. The molecule has 0 spiro atoms. The van der Waals surface area contributed by atoms with Crippen molar-refractivity contribution in [2.75, 3.05) is 13.1 Å². The Labute approximate surface area is 293 Å². The van der Waals surface area contributed by atoms with E-state index in [1.807, 2.05) is 59.9 Å². The number of aromatic nitrogens is 2. The number of rotatable bonds is 4. The molecule has 0 radical (unpaired) electrons. The van der Waals surface area contributed by atoms with Crippen LogP contribution in [-0.4, -0.2) is 68.1 Å². The molecular formula is C41H46N4O5. The van der Waals surface area contributed by atoms with Gasteiger partial charge in [0, 0.05) is 30.6 Å². The number of carbonyl (C=O) groups excluding carboxylic acids is 3. The highest BCUT2D eigenvalue weighted by molar-refractivity contribution is 6.05. The van der Waals surface area contributed by atoms with E-state index < -0.39 is 11.2 Å². The van der Waals surface area contributed by atoms with E-state index in [0.29, 0.717) is 25.1 Å². The zero-order chi connectivity index (χ0) is 35.4. The fourth-order valence-electron chi connectivity index (χ4n) is 7.38. The second-order valence-corrected chi connectivity index (χ2v) is 15.7. The normalized spacial score (nSPS) is 19.5. The van der Waals surface area contributed by atoms with Gasteiger partial charge in [-0.3, -0.25) is 9.69 Å². The number of amides is 2. The van der Waals surface area contributed by atoms with Gasteiger partial charge >= 0.3 is 12.2 Å². The molecule has 1 N–H and O–H groups in total. The number of nitrogens with zero attached hydrogens (tertiary/aromatic N) is 3. The van der Waals surface area contributed by atoms with Gasteiger partial charge in [-0.15, -0.1) is 0 Å². The summed E-state index contributed by atoms with van der Waals surface area (Å²) in [6.45, 7) is 12.5. The molecule has 2 amide bonds. The van der Waals surface area contributed by atoms with Crippen molar-refractivity contribution in [1.82, 2.24) is 19.8 Å². The first-order valence-corrected chi connectivity index (χ1v) is 17.7. The highest BCUT2D eigenvalue weighted by Gasteiger charge is 2.37. The molecule has 1 aromatic heterocycles. The van der Waals surface area contributed by atoms with Crippen LogP contribution in [-0.2, 0) is 9.47 Å². The summed E-state index contributed by atoms with van der Waals surface area (Å²) in [6.07, 6.45) is 7.08. The second kappa shape index (κ2) is 12.8. The van der Waals surface area contributed by atoms with Crippen LogP contribution < -0.4 is 0 Å². The van der Waals surface area contributed by atoms with Crippen LogP contribution >= 0.6 is 0 Å². The van der Waals surface area contributed by atoms with Gasteiger partial charge in [0.25, 0.3) is 0 Å². The molecule has 2 fully saturated rings. The Bertz CT molecular complexity index is 2010. The quantitative estimate of drug-likeness (QED) is 0.231. The highest BCUT2D eigenvalue weighted by atomic mass is 16.6. The molecule has 0 bridgehead atoms. The van der Waals surface area contributed by atoms with Crippen LogP contribution in [0.3, 0.4) is 0 Å². The van der Waals surface area contributed by atoms with Gasteiger partial charge < -0.3 is 19.4 Å². The van der Waals surface area contributed by atoms with Crippen molar-refractivity contribution >= 4 is 34.8 Å². The van der Waals surface area contributed by atoms with Gasteiger partial charge in [0.05, 0.1) is 24.0 Å². The smallest absolute Gasteiger partial charge is 0.410 e. The molecule has 260 valence electrons. The first-order valence-electron chi connectivity index (χ1n) is 17.7. The van der Waals surface area contributed by atoms with Gasteiger partial charge in [0.15, 0.2) is 5.78 Å². The van der Waals surface area contributed by atoms with Gasteiger partial charge in [0.2, 0.25) is 0 Å². The van der Waals surface area contributed by atoms with E-state index in [1.165, 1.54) is 0 Å². The third kappa shape index (κ3) is 6.91. The summed E-state index contributed by atoms with van der Waals surface area (Å²) in [6, 6.07) is 18.5. The Morgan fingerprint density at radius 1 is 0.760 bits per heavy atom. The number of benzene rings is 3. The number of carbonyl (C=O) groups is 3. The molecule has 4 aromatic rings. The Kier molecular flexibility index (Phi) is 8.57. The Morgan fingerprint density at radius 3 is 1.98 bits per heavy atom. The average Bonchev–Trinajstić information content (AvgIpc) is 3.83. The lowest BCUT2D eigenvalue weighted by atomic mass is 9.85. The number of ether oxygens (including phenoxy) is 2. The summed E-state index contributed by atoms with van der Waals surface area (Å²) < 4.78 is 11.3. The van der Waals surface area contributed by atoms with Gasteiger partial charge in [0.1, 0.15) is 17.0 Å². The Morgan fingerprint density at radius 2 is 1.32 bits per heavy atom. The van der Waals surface area contributed by atoms with E-state index in [9.17, 15) is 14.4 Å². The minimum absolute atomic E-state index is 0.0755. The summed E-state index contributed by atoms with van der Waals surface area (Å²) >= 11 is 0. The highest BCUT2D eigenvalue weighted by Crippen LogP contribution is 2.37. The van der Waals surface area contributed by atoms with Crippen LogP contribution in [0.2, 0.25) is 0 Å². The van der Waals surface area contributed by atoms with Gasteiger partial charge in [-0.25, -0.2) is 14.6 Å². The van der Waals surface area contributed by atoms with Crippen LogP contribution in [0.25, 0.3) is 39.2 Å². The topological polar surface area (TPSA) is 105 Å². The second-order valence-electron chi connectivity index (χ2n) is 15.7. The van der Waals surface area contributed by atoms with Crippen molar-refractivity contribution in [1.29, 1.82) is 0 Å². The van der Waals surface area contributed by atoms with Crippen molar-refractivity contribution in [2.45, 2.75) is 96.9 Å². The number of fused-ring (bicyclic) bond motifs is 2. The number of aromatic amines is 1. The van der Waals surface area contributed by atoms with Crippen molar-refractivity contribution < 1.29 is 23.9 Å². The number of hydrogen-bond donors (Lipinski definition) is 1. The van der Waals surface area contributed by atoms with Crippen molar-refractivity contribution in [2.24, 2.45) is 0 Å². The summed E-state index contributed by atoms with van der Waals surface area (Å²) in [5.74, 6) is 0.845. The molecule has 1 aliphatic carbocycles. The summed E-state index contributed by atoms with van der Waals surface area (Å²) in [7, 11) is 0. The van der Waals surface area contributed by atoms with Crippen LogP contribution in [0.1, 0.15) is 101 Å². The van der Waals surface area contributed by atoms with Crippen LogP contribution in [0.5, 0.6) is 0 Å². The van der Waals surface area contributed by atoms with Crippen LogP contribution in [0, 0.1) is 0 Å². The summed E-state index contributed by atoms with van der Waals surface area (Å²) in [5.41, 5.74) is 5.41. The maximum absolute atomic E-state index is 13.5.